The zero-order chi connectivity index (χ0) is 15.1. The second-order valence-electron chi connectivity index (χ2n) is 6.86. The molecule has 1 unspecified atom stereocenters. The van der Waals surface area contributed by atoms with Crippen molar-refractivity contribution in [1.29, 1.82) is 0 Å². The quantitative estimate of drug-likeness (QED) is 0.796. The van der Waals surface area contributed by atoms with Gasteiger partial charge in [-0.2, -0.15) is 13.2 Å². The molecule has 3 fully saturated rings. The molecule has 0 aromatic carbocycles. The Balaban J connectivity index is 0.00000176. The van der Waals surface area contributed by atoms with Crippen LogP contribution in [0.4, 0.5) is 13.2 Å². The number of rotatable bonds is 1. The van der Waals surface area contributed by atoms with E-state index in [0.717, 1.165) is 32.2 Å². The number of piperidine rings is 1. The average molecular weight is 341 g/mol. The lowest BCUT2D eigenvalue weighted by Crippen LogP contribution is -2.53. The number of nitrogens with one attached hydrogen (secondary N) is 1. The molecule has 0 aromatic heterocycles. The number of nitrogens with zero attached hydrogens (tertiary/aromatic N) is 1. The van der Waals surface area contributed by atoms with Gasteiger partial charge in [0.2, 0.25) is 5.91 Å². The van der Waals surface area contributed by atoms with E-state index < -0.39 is 17.5 Å². The topological polar surface area (TPSA) is 32.3 Å². The number of carbonyl (C=O) groups excluding carboxylic acids is 1. The molecule has 1 aliphatic carbocycles. The third kappa shape index (κ3) is 3.09. The van der Waals surface area contributed by atoms with Gasteiger partial charge in [0.1, 0.15) is 0 Å². The van der Waals surface area contributed by atoms with Crippen molar-refractivity contribution < 1.29 is 18.0 Å². The van der Waals surface area contributed by atoms with Gasteiger partial charge in [-0.15, -0.1) is 12.4 Å². The van der Waals surface area contributed by atoms with Crippen LogP contribution in [0.1, 0.15) is 38.5 Å². The minimum atomic E-state index is -4.18. The largest absolute Gasteiger partial charge is 0.393 e. The maximum atomic E-state index is 12.9. The van der Waals surface area contributed by atoms with Crippen LogP contribution in [0, 0.1) is 17.3 Å². The minimum absolute atomic E-state index is 0. The van der Waals surface area contributed by atoms with Crippen molar-refractivity contribution in [3.8, 4) is 0 Å². The molecule has 3 nitrogen and oxygen atoms in total. The van der Waals surface area contributed by atoms with E-state index in [1.165, 1.54) is 4.90 Å². The van der Waals surface area contributed by atoms with Crippen molar-refractivity contribution in [3.63, 3.8) is 0 Å². The molecule has 1 N–H and O–H groups in total. The Morgan fingerprint density at radius 3 is 2.68 bits per heavy atom. The van der Waals surface area contributed by atoms with Crippen molar-refractivity contribution in [2.75, 3.05) is 26.2 Å². The second-order valence-corrected chi connectivity index (χ2v) is 6.86. The molecule has 128 valence electrons. The van der Waals surface area contributed by atoms with Crippen LogP contribution in [0.5, 0.6) is 0 Å². The summed E-state index contributed by atoms with van der Waals surface area (Å²) in [4.78, 5) is 14.5. The van der Waals surface area contributed by atoms with Gasteiger partial charge in [-0.05, 0) is 38.1 Å². The fourth-order valence-corrected chi connectivity index (χ4v) is 4.41. The van der Waals surface area contributed by atoms with Gasteiger partial charge in [-0.1, -0.05) is 12.8 Å². The van der Waals surface area contributed by atoms with E-state index in [9.17, 15) is 18.0 Å². The molecule has 0 radical (unpaired) electrons. The van der Waals surface area contributed by atoms with E-state index in [0.29, 0.717) is 25.4 Å². The maximum Gasteiger partial charge on any atom is 0.393 e. The van der Waals surface area contributed by atoms with Crippen molar-refractivity contribution in [2.24, 2.45) is 17.3 Å². The third-order valence-corrected chi connectivity index (χ3v) is 5.64. The van der Waals surface area contributed by atoms with E-state index in [1.807, 2.05) is 0 Å². The maximum absolute atomic E-state index is 12.9. The molecular weight excluding hydrogens is 317 g/mol. The minimum Gasteiger partial charge on any atom is -0.342 e. The molecule has 2 aliphatic heterocycles. The third-order valence-electron chi connectivity index (χ3n) is 5.64. The first-order chi connectivity index (χ1) is 9.93. The molecule has 3 aliphatic rings. The lowest BCUT2D eigenvalue weighted by molar-refractivity contribution is -0.190. The lowest BCUT2D eigenvalue weighted by atomic mass is 9.67. The van der Waals surface area contributed by atoms with E-state index in [1.54, 1.807) is 0 Å². The number of amides is 1. The number of fused-ring (bicyclic) bond motifs is 1. The first-order valence-corrected chi connectivity index (χ1v) is 8.00. The van der Waals surface area contributed by atoms with Crippen LogP contribution >= 0.6 is 12.4 Å². The van der Waals surface area contributed by atoms with Crippen LogP contribution < -0.4 is 5.32 Å². The lowest BCUT2D eigenvalue weighted by Gasteiger charge is -2.43. The van der Waals surface area contributed by atoms with Crippen LogP contribution in [-0.4, -0.2) is 43.2 Å². The highest BCUT2D eigenvalue weighted by molar-refractivity contribution is 5.85. The van der Waals surface area contributed by atoms with Gasteiger partial charge >= 0.3 is 6.18 Å². The fourth-order valence-electron chi connectivity index (χ4n) is 4.41. The predicted molar refractivity (Wildman–Crippen MR) is 79.9 cm³/mol. The summed E-state index contributed by atoms with van der Waals surface area (Å²) < 4.78 is 38.8. The van der Waals surface area contributed by atoms with Crippen molar-refractivity contribution in [1.82, 2.24) is 10.2 Å². The molecule has 3 atom stereocenters. The number of halogens is 4. The molecule has 0 aromatic rings. The van der Waals surface area contributed by atoms with E-state index in [-0.39, 0.29) is 31.3 Å². The van der Waals surface area contributed by atoms with E-state index in [2.05, 4.69) is 5.32 Å². The number of alkyl halides is 3. The number of likely N-dealkylation sites (tertiary alicyclic amines) is 1. The Morgan fingerprint density at radius 2 is 1.95 bits per heavy atom. The van der Waals surface area contributed by atoms with Crippen molar-refractivity contribution >= 4 is 18.3 Å². The van der Waals surface area contributed by atoms with Gasteiger partial charge in [-0.3, -0.25) is 4.79 Å². The zero-order valence-corrected chi connectivity index (χ0v) is 13.4. The second kappa shape index (κ2) is 6.56. The normalized spacial score (nSPS) is 35.7. The molecular formula is C15H24ClF3N2O. The first kappa shape index (κ1) is 17.9. The Labute approximate surface area is 135 Å². The molecule has 0 spiro atoms. The van der Waals surface area contributed by atoms with Crippen molar-refractivity contribution in [3.05, 3.63) is 0 Å². The van der Waals surface area contributed by atoms with Gasteiger partial charge in [0.25, 0.3) is 0 Å². The smallest absolute Gasteiger partial charge is 0.342 e. The van der Waals surface area contributed by atoms with E-state index in [4.69, 9.17) is 0 Å². The van der Waals surface area contributed by atoms with Crippen LogP contribution in [0.15, 0.2) is 0 Å². The van der Waals surface area contributed by atoms with Gasteiger partial charge in [0, 0.05) is 19.6 Å². The summed E-state index contributed by atoms with van der Waals surface area (Å²) in [5.74, 6) is -1.06. The van der Waals surface area contributed by atoms with E-state index >= 15 is 0 Å². The molecule has 1 saturated carbocycles. The summed E-state index contributed by atoms with van der Waals surface area (Å²) in [5.41, 5.74) is -0.425. The summed E-state index contributed by atoms with van der Waals surface area (Å²) in [5, 5.41) is 3.30. The standard InChI is InChI=1S/C15H23F3N2O.ClH/c16-15(17,18)12-5-3-7-20(9-12)13(21)14-6-2-1-4-11(14)8-19-10-14;/h11-12,19H,1-10H2;1H/t11-,12?,14+;/m0./s1. The molecule has 0 bridgehead atoms. The summed E-state index contributed by atoms with van der Waals surface area (Å²) >= 11 is 0. The Kier molecular flexibility index (Phi) is 5.32. The summed E-state index contributed by atoms with van der Waals surface area (Å²) in [6.45, 7) is 1.82. The van der Waals surface area contributed by atoms with Gasteiger partial charge in [0.15, 0.2) is 0 Å². The Hall–Kier alpha value is -0.490. The van der Waals surface area contributed by atoms with Gasteiger partial charge in [0.05, 0.1) is 11.3 Å². The molecule has 3 rings (SSSR count). The molecule has 7 heteroatoms. The summed E-state index contributed by atoms with van der Waals surface area (Å²) in [6.07, 6.45) is 0.432. The summed E-state index contributed by atoms with van der Waals surface area (Å²) in [6, 6.07) is 0. The SMILES string of the molecule is Cl.O=C(N1CCCC(C(F)(F)F)C1)[C@@]12CCCC[C@H]1CNC2. The van der Waals surface area contributed by atoms with Crippen LogP contribution in [-0.2, 0) is 4.79 Å². The summed E-state index contributed by atoms with van der Waals surface area (Å²) in [7, 11) is 0. The number of carbonyl (C=O) groups is 1. The Morgan fingerprint density at radius 1 is 1.18 bits per heavy atom. The molecule has 2 saturated heterocycles. The monoisotopic (exact) mass is 340 g/mol. The van der Waals surface area contributed by atoms with Gasteiger partial charge < -0.3 is 10.2 Å². The average Bonchev–Trinajstić information content (AvgIpc) is 2.90. The predicted octanol–water partition coefficient (Wildman–Crippen LogP) is 2.99. The molecule has 2 heterocycles. The van der Waals surface area contributed by atoms with Crippen LogP contribution in [0.25, 0.3) is 0 Å². The van der Waals surface area contributed by atoms with Crippen molar-refractivity contribution in [2.45, 2.75) is 44.7 Å². The fraction of sp³-hybridized carbons (Fsp3) is 0.933. The molecule has 1 amide bonds. The molecule has 22 heavy (non-hydrogen) atoms. The van der Waals surface area contributed by atoms with Gasteiger partial charge in [-0.25, -0.2) is 0 Å². The highest BCUT2D eigenvalue weighted by Gasteiger charge is 2.53. The first-order valence-electron chi connectivity index (χ1n) is 8.00. The number of hydrogen-bond acceptors (Lipinski definition) is 2. The number of hydrogen-bond donors (Lipinski definition) is 1. The highest BCUT2D eigenvalue weighted by Crippen LogP contribution is 2.46. The van der Waals surface area contributed by atoms with Crippen LogP contribution in [0.3, 0.4) is 0 Å². The highest BCUT2D eigenvalue weighted by atomic mass is 35.5. The Bertz CT molecular complexity index is 418. The zero-order valence-electron chi connectivity index (χ0n) is 12.6. The van der Waals surface area contributed by atoms with Crippen LogP contribution in [0.2, 0.25) is 0 Å².